The second kappa shape index (κ2) is 18.0. The molecule has 1 saturated heterocycles. The van der Waals surface area contributed by atoms with Gasteiger partial charge in [0.2, 0.25) is 0 Å². The number of rotatable bonds is 13. The maximum absolute atomic E-state index is 12.9. The zero-order valence-electron chi connectivity index (χ0n) is 31.2. The molecule has 1 aliphatic heterocycles. The summed E-state index contributed by atoms with van der Waals surface area (Å²) in [4.78, 5) is 15.2. The Bertz CT molecular complexity index is 2110. The first-order chi connectivity index (χ1) is 26.9. The van der Waals surface area contributed by atoms with Crippen molar-refractivity contribution >= 4 is 11.7 Å². The molecule has 0 spiro atoms. The summed E-state index contributed by atoms with van der Waals surface area (Å²) in [6, 6.07) is 51.4. The lowest BCUT2D eigenvalue weighted by atomic mass is 9.90. The van der Waals surface area contributed by atoms with Gasteiger partial charge in [-0.15, -0.1) is 0 Å². The Labute approximate surface area is 323 Å². The summed E-state index contributed by atoms with van der Waals surface area (Å²) < 4.78 is 19.3. The average molecular weight is 734 g/mol. The van der Waals surface area contributed by atoms with Crippen molar-refractivity contribution in [3.8, 4) is 22.6 Å². The third-order valence-corrected chi connectivity index (χ3v) is 9.95. The lowest BCUT2D eigenvalue weighted by Gasteiger charge is -2.42. The number of carbonyl (C=O) groups excluding carboxylic acids is 1. The second-order valence-corrected chi connectivity index (χ2v) is 14.0. The van der Waals surface area contributed by atoms with Gasteiger partial charge >= 0.3 is 6.03 Å². The molecule has 6 aromatic carbocycles. The van der Waals surface area contributed by atoms with Crippen LogP contribution in [0.1, 0.15) is 47.1 Å². The van der Waals surface area contributed by atoms with E-state index < -0.39 is 6.29 Å². The highest BCUT2D eigenvalue weighted by atomic mass is 16.7. The number of hydrogen-bond acceptors (Lipinski definition) is 6. The summed E-state index contributed by atoms with van der Waals surface area (Å²) in [5.74, 6) is 1.52. The third-order valence-electron chi connectivity index (χ3n) is 9.95. The molecule has 280 valence electrons. The number of likely N-dealkylation sites (N-methyl/N-ethyl adjacent to an activating group) is 1. The monoisotopic (exact) mass is 733 g/mol. The Morgan fingerprint density at radius 3 is 2.05 bits per heavy atom. The number of nitrogens with zero attached hydrogens (tertiary/aromatic N) is 1. The summed E-state index contributed by atoms with van der Waals surface area (Å²) in [6.07, 6.45) is -0.851. The molecule has 3 N–H and O–H groups in total. The van der Waals surface area contributed by atoms with Crippen LogP contribution in [0.4, 0.5) is 10.5 Å². The standard InChI is InChI=1S/C47H47N3O5/c1-33-44(31-50(2)30-34-11-5-3-6-12-34)54-46(55-45(33)37-19-17-35(32-51)18-20-37)38-23-21-36(22-24-38)43-16-10-9-13-39(43)29-48-47(52)49-40-25-27-42(28-26-40)53-41-14-7-4-8-15-41/h3-28,33,44-46,51H,29-32H2,1-2H3,(H2,48,49,52)/t33-,44+,45+,46+/m0/s1. The first kappa shape index (κ1) is 37.5. The van der Waals surface area contributed by atoms with E-state index in [1.807, 2.05) is 103 Å². The SMILES string of the molecule is C[C@H]1[C@@H](CN(C)Cc2ccccc2)O[C@@H](c2ccc(-c3ccccc3CNC(=O)Nc3ccc(Oc4ccccc4)cc3)cc2)O[C@H]1c1ccc(CO)cc1. The highest BCUT2D eigenvalue weighted by Gasteiger charge is 2.38. The van der Waals surface area contributed by atoms with Crippen molar-refractivity contribution in [2.45, 2.75) is 45.1 Å². The molecule has 7 rings (SSSR count). The minimum absolute atomic E-state index is 0.000774. The van der Waals surface area contributed by atoms with Crippen molar-refractivity contribution in [3.63, 3.8) is 0 Å². The number of benzene rings is 6. The predicted molar refractivity (Wildman–Crippen MR) is 216 cm³/mol. The van der Waals surface area contributed by atoms with Crippen molar-refractivity contribution in [1.82, 2.24) is 10.2 Å². The van der Waals surface area contributed by atoms with Gasteiger partial charge in [0.05, 0.1) is 18.8 Å². The van der Waals surface area contributed by atoms with E-state index in [4.69, 9.17) is 14.2 Å². The molecule has 8 heteroatoms. The Kier molecular flexibility index (Phi) is 12.3. The van der Waals surface area contributed by atoms with Crippen molar-refractivity contribution in [1.29, 1.82) is 0 Å². The molecule has 55 heavy (non-hydrogen) atoms. The summed E-state index contributed by atoms with van der Waals surface area (Å²) >= 11 is 0. The summed E-state index contributed by atoms with van der Waals surface area (Å²) in [5, 5.41) is 15.5. The van der Waals surface area contributed by atoms with Gasteiger partial charge in [0, 0.05) is 36.8 Å². The second-order valence-electron chi connectivity index (χ2n) is 14.0. The van der Waals surface area contributed by atoms with Gasteiger partial charge in [0.1, 0.15) is 11.5 Å². The minimum atomic E-state index is -0.567. The normalized spacial score (nSPS) is 18.1. The van der Waals surface area contributed by atoms with Gasteiger partial charge in [-0.2, -0.15) is 0 Å². The molecule has 4 atom stereocenters. The van der Waals surface area contributed by atoms with Crippen molar-refractivity contribution in [2.75, 3.05) is 18.9 Å². The van der Waals surface area contributed by atoms with Gasteiger partial charge in [-0.05, 0) is 76.8 Å². The summed E-state index contributed by atoms with van der Waals surface area (Å²) in [5.41, 5.74) is 7.81. The van der Waals surface area contributed by atoms with Gasteiger partial charge < -0.3 is 30.0 Å². The number of aliphatic hydroxyl groups is 1. The Balaban J connectivity index is 1.02. The predicted octanol–water partition coefficient (Wildman–Crippen LogP) is 9.88. The van der Waals surface area contributed by atoms with Gasteiger partial charge in [-0.1, -0.05) is 128 Å². The van der Waals surface area contributed by atoms with Crippen LogP contribution in [-0.4, -0.2) is 35.7 Å². The number of aliphatic hydroxyl groups excluding tert-OH is 1. The largest absolute Gasteiger partial charge is 0.457 e. The molecule has 1 aliphatic rings. The molecule has 0 aliphatic carbocycles. The van der Waals surface area contributed by atoms with E-state index in [1.54, 1.807) is 0 Å². The number of carbonyl (C=O) groups is 1. The zero-order valence-corrected chi connectivity index (χ0v) is 31.2. The van der Waals surface area contributed by atoms with E-state index in [-0.39, 0.29) is 30.8 Å². The minimum Gasteiger partial charge on any atom is -0.457 e. The van der Waals surface area contributed by atoms with E-state index in [0.717, 1.165) is 52.2 Å². The molecule has 6 aromatic rings. The number of anilines is 1. The van der Waals surface area contributed by atoms with Crippen LogP contribution in [0.5, 0.6) is 11.5 Å². The number of ether oxygens (including phenoxy) is 3. The van der Waals surface area contributed by atoms with Crippen LogP contribution in [0.2, 0.25) is 0 Å². The fourth-order valence-corrected chi connectivity index (χ4v) is 6.95. The molecule has 8 nitrogen and oxygen atoms in total. The highest BCUT2D eigenvalue weighted by Crippen LogP contribution is 2.42. The van der Waals surface area contributed by atoms with Gasteiger partial charge in [0.15, 0.2) is 6.29 Å². The number of hydrogen-bond donors (Lipinski definition) is 3. The number of amides is 2. The maximum atomic E-state index is 12.9. The molecule has 0 saturated carbocycles. The van der Waals surface area contributed by atoms with E-state index in [2.05, 4.69) is 84.1 Å². The molecule has 0 unspecified atom stereocenters. The van der Waals surface area contributed by atoms with Crippen molar-refractivity contribution in [2.24, 2.45) is 5.92 Å². The van der Waals surface area contributed by atoms with Crippen LogP contribution >= 0.6 is 0 Å². The first-order valence-electron chi connectivity index (χ1n) is 18.7. The highest BCUT2D eigenvalue weighted by molar-refractivity contribution is 5.89. The average Bonchev–Trinajstić information content (AvgIpc) is 3.22. The van der Waals surface area contributed by atoms with Gasteiger partial charge in [0.25, 0.3) is 0 Å². The smallest absolute Gasteiger partial charge is 0.319 e. The van der Waals surface area contributed by atoms with Gasteiger partial charge in [-0.25, -0.2) is 4.79 Å². The fraction of sp³-hybridized carbons (Fsp3) is 0.213. The number of para-hydroxylation sites is 1. The van der Waals surface area contributed by atoms with Gasteiger partial charge in [-0.3, -0.25) is 4.90 Å². The number of urea groups is 1. The van der Waals surface area contributed by atoms with E-state index in [0.29, 0.717) is 18.0 Å². The molecule has 1 fully saturated rings. The molecule has 0 radical (unpaired) electrons. The Morgan fingerprint density at radius 1 is 0.709 bits per heavy atom. The van der Waals surface area contributed by atoms with Crippen molar-refractivity contribution < 1.29 is 24.1 Å². The Morgan fingerprint density at radius 2 is 1.35 bits per heavy atom. The molecule has 0 aromatic heterocycles. The summed E-state index contributed by atoms with van der Waals surface area (Å²) in [7, 11) is 2.13. The molecule has 0 bridgehead atoms. The first-order valence-corrected chi connectivity index (χ1v) is 18.7. The van der Waals surface area contributed by atoms with Crippen molar-refractivity contribution in [3.05, 3.63) is 186 Å². The van der Waals surface area contributed by atoms with Crippen LogP contribution in [0.15, 0.2) is 158 Å². The van der Waals surface area contributed by atoms with Crippen LogP contribution in [-0.2, 0) is 29.2 Å². The van der Waals surface area contributed by atoms with Crippen LogP contribution < -0.4 is 15.4 Å². The van der Waals surface area contributed by atoms with Crippen LogP contribution in [0.3, 0.4) is 0 Å². The van der Waals surface area contributed by atoms with E-state index in [1.165, 1.54) is 5.56 Å². The maximum Gasteiger partial charge on any atom is 0.319 e. The quantitative estimate of drug-likeness (QED) is 0.110. The Hall–Kier alpha value is -5.77. The molecular weight excluding hydrogens is 687 g/mol. The van der Waals surface area contributed by atoms with Crippen LogP contribution in [0, 0.1) is 5.92 Å². The van der Waals surface area contributed by atoms with E-state index >= 15 is 0 Å². The lowest BCUT2D eigenvalue weighted by molar-refractivity contribution is -0.276. The summed E-state index contributed by atoms with van der Waals surface area (Å²) in [6.45, 7) is 4.09. The zero-order chi connectivity index (χ0) is 38.0. The lowest BCUT2D eigenvalue weighted by Crippen LogP contribution is -2.43. The van der Waals surface area contributed by atoms with E-state index in [9.17, 15) is 9.90 Å². The number of nitrogens with one attached hydrogen (secondary N) is 2. The fourth-order valence-electron chi connectivity index (χ4n) is 6.95. The topological polar surface area (TPSA) is 92.3 Å². The molecule has 1 heterocycles. The molecule has 2 amide bonds. The van der Waals surface area contributed by atoms with Crippen LogP contribution in [0.25, 0.3) is 11.1 Å². The molecular formula is C47H47N3O5. The third kappa shape index (κ3) is 9.86.